The number of aliphatic hydroxyl groups is 1. The second kappa shape index (κ2) is 9.84. The number of ether oxygens (including phenoxy) is 2. The molecule has 0 aliphatic carbocycles. The fourth-order valence-corrected chi connectivity index (χ4v) is 2.40. The molecule has 0 bridgehead atoms. The lowest BCUT2D eigenvalue weighted by Crippen LogP contribution is -2.28. The van der Waals surface area contributed by atoms with Crippen LogP contribution < -0.4 is 0 Å². The lowest BCUT2D eigenvalue weighted by Gasteiger charge is -2.18. The van der Waals surface area contributed by atoms with Gasteiger partial charge in [-0.1, -0.05) is 35.8 Å². The highest BCUT2D eigenvalue weighted by atomic mass is 35.5. The normalized spacial score (nSPS) is 18.3. The first-order valence-corrected chi connectivity index (χ1v) is 9.20. The molecule has 3 atom stereocenters. The molecule has 21 heavy (non-hydrogen) atoms. The van der Waals surface area contributed by atoms with Gasteiger partial charge in [-0.05, 0) is 20.4 Å². The van der Waals surface area contributed by atoms with E-state index in [0.717, 1.165) is 7.40 Å². The summed E-state index contributed by atoms with van der Waals surface area (Å²) in [7, 11) is -1.87. The molecular formula is C13H20BCl2O4Si. The van der Waals surface area contributed by atoms with Gasteiger partial charge in [0.25, 0.3) is 0 Å². The smallest absolute Gasteiger partial charge is 0.155 e. The zero-order chi connectivity index (χ0) is 17.5. The molecule has 0 spiro atoms. The van der Waals surface area contributed by atoms with Crippen molar-refractivity contribution in [1.82, 2.24) is 0 Å². The molecule has 0 aliphatic rings. The number of hydrogen-bond acceptors (Lipinski definition) is 4. The van der Waals surface area contributed by atoms with Crippen molar-refractivity contribution >= 4 is 39.4 Å². The molecule has 1 aromatic rings. The van der Waals surface area contributed by atoms with Gasteiger partial charge in [0.2, 0.25) is 0 Å². The summed E-state index contributed by atoms with van der Waals surface area (Å²) < 4.78 is 30.8. The van der Waals surface area contributed by atoms with Crippen LogP contribution in [0.2, 0.25) is 16.6 Å². The first kappa shape index (κ1) is 15.8. The van der Waals surface area contributed by atoms with Gasteiger partial charge >= 0.3 is 0 Å². The summed E-state index contributed by atoms with van der Waals surface area (Å²) >= 11 is 12.1. The molecule has 0 saturated heterocycles. The summed E-state index contributed by atoms with van der Waals surface area (Å²) in [6, 6.07) is 5.20. The van der Waals surface area contributed by atoms with Crippen LogP contribution in [-0.4, -0.2) is 49.5 Å². The Balaban J connectivity index is 2.30. The lowest BCUT2D eigenvalue weighted by atomic mass is 10.2. The van der Waals surface area contributed by atoms with Crippen molar-refractivity contribution in [1.29, 1.82) is 2.57 Å². The predicted octanol–water partition coefficient (Wildman–Crippen LogP) is 2.00. The van der Waals surface area contributed by atoms with E-state index in [0.29, 0.717) is 15.6 Å². The van der Waals surface area contributed by atoms with Crippen molar-refractivity contribution in [2.45, 2.75) is 32.5 Å². The van der Waals surface area contributed by atoms with E-state index in [-0.39, 0.29) is 19.8 Å². The third kappa shape index (κ3) is 7.65. The van der Waals surface area contributed by atoms with Gasteiger partial charge in [-0.2, -0.15) is 0 Å². The van der Waals surface area contributed by atoms with Gasteiger partial charge < -0.3 is 19.0 Å². The summed E-state index contributed by atoms with van der Waals surface area (Å²) in [6.07, 6.45) is -1.46. The number of aliphatic hydroxyl groups excluding tert-OH is 1. The summed E-state index contributed by atoms with van der Waals surface area (Å²) in [5.41, 5.74) is 0.678. The molecule has 0 saturated carbocycles. The Kier molecular flexibility index (Phi) is 7.41. The molecule has 3 unspecified atom stereocenters. The molecule has 0 aliphatic heterocycles. The topological polar surface area (TPSA) is 47.9 Å². The molecule has 0 heterocycles. The first-order valence-electron chi connectivity index (χ1n) is 7.54. The van der Waals surface area contributed by atoms with Crippen molar-refractivity contribution in [2.24, 2.45) is 0 Å². The number of rotatable bonds is 10. The van der Waals surface area contributed by atoms with E-state index in [9.17, 15) is 5.11 Å². The average molecular weight is 353 g/mol. The Hall–Kier alpha value is -0.0782. The standard InChI is InChI=1S/C13H20BCl2O4Si/c1-9(18-6-10(17)7-20-21(2)14)19-8-11-12(15)4-3-5-13(11)16/h3-5,9-10,14,17,21H,6-8H2,1-2H3/i14T,21D. The molecule has 0 amide bonds. The highest BCUT2D eigenvalue weighted by molar-refractivity contribution is 6.98. The van der Waals surface area contributed by atoms with Gasteiger partial charge in [-0.15, -0.1) is 0 Å². The van der Waals surface area contributed by atoms with Gasteiger partial charge in [0.15, 0.2) is 6.29 Å². The maximum atomic E-state index is 9.75. The van der Waals surface area contributed by atoms with Crippen LogP contribution in [0.5, 0.6) is 0 Å². The third-order valence-corrected chi connectivity index (χ3v) is 3.88. The van der Waals surface area contributed by atoms with Crippen LogP contribution in [-0.2, 0) is 20.5 Å². The van der Waals surface area contributed by atoms with Crippen LogP contribution in [0.1, 0.15) is 12.5 Å². The Morgan fingerprint density at radius 1 is 1.43 bits per heavy atom. The molecule has 1 N–H and O–H groups in total. The fourth-order valence-electron chi connectivity index (χ4n) is 1.44. The van der Waals surface area contributed by atoms with Crippen LogP contribution in [0, 0.1) is 0 Å². The second-order valence-corrected chi connectivity index (χ2v) is 6.81. The summed E-state index contributed by atoms with van der Waals surface area (Å²) in [5.74, 6) is 0. The molecule has 0 aromatic heterocycles. The number of hydrogen-bond donors (Lipinski definition) is 1. The van der Waals surface area contributed by atoms with Crippen LogP contribution in [0.25, 0.3) is 0 Å². The number of halogens is 2. The van der Waals surface area contributed by atoms with Crippen molar-refractivity contribution in [3.05, 3.63) is 33.8 Å². The van der Waals surface area contributed by atoms with Gasteiger partial charge in [-0.25, -0.2) is 0 Å². The second-order valence-electron chi connectivity index (χ2n) is 4.49. The zero-order valence-corrected chi connectivity index (χ0v) is 14.5. The monoisotopic (exact) mass is 352 g/mol. The Morgan fingerprint density at radius 2 is 2.10 bits per heavy atom. The third-order valence-electron chi connectivity index (χ3n) is 2.55. The summed E-state index contributed by atoms with van der Waals surface area (Å²) in [6.45, 7) is 3.38. The lowest BCUT2D eigenvalue weighted by molar-refractivity contribution is -0.155. The van der Waals surface area contributed by atoms with Crippen molar-refractivity contribution < 1.29 is 19.0 Å². The van der Waals surface area contributed by atoms with Gasteiger partial charge in [0.05, 0.1) is 25.9 Å². The minimum absolute atomic E-state index is 0.0000986. The molecule has 1 radical (unpaired) electrons. The van der Waals surface area contributed by atoms with E-state index in [4.69, 9.17) is 39.7 Å². The maximum absolute atomic E-state index is 9.75. The van der Waals surface area contributed by atoms with E-state index in [1.165, 1.54) is 0 Å². The van der Waals surface area contributed by atoms with Gasteiger partial charge in [-0.3, -0.25) is 0 Å². The SMILES string of the molecule is [2H][Si](C)([B][3H])OCC(O)COC(C)OCc1c(Cl)cccc1Cl. The highest BCUT2D eigenvalue weighted by Gasteiger charge is 2.11. The van der Waals surface area contributed by atoms with E-state index >= 15 is 0 Å². The molecule has 0 fully saturated rings. The average Bonchev–Trinajstić information content (AvgIpc) is 2.50. The van der Waals surface area contributed by atoms with Crippen LogP contribution >= 0.6 is 23.2 Å². The van der Waals surface area contributed by atoms with Crippen LogP contribution in [0.15, 0.2) is 18.2 Å². The van der Waals surface area contributed by atoms with Crippen molar-refractivity contribution in [3.63, 3.8) is 0 Å². The van der Waals surface area contributed by atoms with Gasteiger partial charge in [0, 0.05) is 16.8 Å². The Morgan fingerprint density at radius 3 is 2.71 bits per heavy atom. The minimum atomic E-state index is -2.85. The Bertz CT molecular complexity index is 479. The Labute approximate surface area is 141 Å². The largest absolute Gasteiger partial charge is 0.427 e. The van der Waals surface area contributed by atoms with Crippen molar-refractivity contribution in [3.8, 4) is 0 Å². The molecule has 1 rings (SSSR count). The highest BCUT2D eigenvalue weighted by Crippen LogP contribution is 2.25. The van der Waals surface area contributed by atoms with E-state index in [2.05, 4.69) is 0 Å². The summed E-state index contributed by atoms with van der Waals surface area (Å²) in [5, 5.41) is 10.8. The molecular weight excluding hydrogens is 330 g/mol. The maximum Gasteiger partial charge on any atom is 0.155 e. The fraction of sp³-hybridized carbons (Fsp3) is 0.538. The van der Waals surface area contributed by atoms with Gasteiger partial charge in [0.1, 0.15) is 16.2 Å². The molecule has 117 valence electrons. The predicted molar refractivity (Wildman–Crippen MR) is 88.8 cm³/mol. The number of benzene rings is 1. The van der Waals surface area contributed by atoms with Crippen LogP contribution in [0.3, 0.4) is 0 Å². The van der Waals surface area contributed by atoms with E-state index < -0.39 is 21.2 Å². The first-order chi connectivity index (χ1) is 10.7. The van der Waals surface area contributed by atoms with E-state index in [1.807, 2.05) is 0 Å². The van der Waals surface area contributed by atoms with Crippen molar-refractivity contribution in [2.75, 3.05) is 13.2 Å². The van der Waals surface area contributed by atoms with Crippen LogP contribution in [0.4, 0.5) is 0 Å². The molecule has 4 nitrogen and oxygen atoms in total. The quantitative estimate of drug-likeness (QED) is 0.516. The minimum Gasteiger partial charge on any atom is -0.427 e. The molecule has 8 heteroatoms. The molecule has 1 aromatic carbocycles. The van der Waals surface area contributed by atoms with E-state index in [1.54, 1.807) is 31.7 Å². The zero-order valence-electron chi connectivity index (χ0n) is 14.0. The summed E-state index contributed by atoms with van der Waals surface area (Å²) in [4.78, 5) is 0.